The van der Waals surface area contributed by atoms with Crippen LogP contribution < -0.4 is 9.47 Å². The van der Waals surface area contributed by atoms with Crippen LogP contribution in [-0.4, -0.2) is 41.0 Å². The Morgan fingerprint density at radius 1 is 1.13 bits per heavy atom. The third-order valence-corrected chi connectivity index (χ3v) is 3.44. The van der Waals surface area contributed by atoms with E-state index < -0.39 is 0 Å². The summed E-state index contributed by atoms with van der Waals surface area (Å²) in [6, 6.07) is 10.2. The van der Waals surface area contributed by atoms with Crippen LogP contribution in [0, 0.1) is 0 Å². The molecule has 6 nitrogen and oxygen atoms in total. The quantitative estimate of drug-likeness (QED) is 0.637. The lowest BCUT2D eigenvalue weighted by atomic mass is 10.1. The maximum absolute atomic E-state index is 12.3. The molecule has 23 heavy (non-hydrogen) atoms. The van der Waals surface area contributed by atoms with Crippen LogP contribution in [0.2, 0.25) is 0 Å². The zero-order valence-electron chi connectivity index (χ0n) is 12.6. The Hall–Kier alpha value is -2.89. The number of rotatable bonds is 4. The van der Waals surface area contributed by atoms with Gasteiger partial charge in [-0.3, -0.25) is 14.6 Å². The van der Waals surface area contributed by atoms with E-state index in [0.717, 1.165) is 0 Å². The minimum absolute atomic E-state index is 0.0107. The third kappa shape index (κ3) is 3.66. The molecular formula is C17H16N2O4. The van der Waals surface area contributed by atoms with Gasteiger partial charge in [-0.15, -0.1) is 0 Å². The van der Waals surface area contributed by atoms with E-state index in [0.29, 0.717) is 30.2 Å². The van der Waals surface area contributed by atoms with Gasteiger partial charge in [0.05, 0.1) is 19.3 Å². The summed E-state index contributed by atoms with van der Waals surface area (Å²) in [5, 5.41) is 0. The predicted octanol–water partition coefficient (Wildman–Crippen LogP) is 1.91. The van der Waals surface area contributed by atoms with E-state index in [4.69, 9.17) is 9.47 Å². The molecule has 1 aliphatic rings. The van der Waals surface area contributed by atoms with Crippen molar-refractivity contribution in [1.82, 2.24) is 9.88 Å². The summed E-state index contributed by atoms with van der Waals surface area (Å²) in [6.45, 7) is 2.42. The smallest absolute Gasteiger partial charge is 0.308 e. The van der Waals surface area contributed by atoms with E-state index >= 15 is 0 Å². The molecule has 0 spiro atoms. The normalized spacial score (nSPS) is 14.0. The summed E-state index contributed by atoms with van der Waals surface area (Å²) in [5.74, 6) is 0.679. The molecule has 1 aromatic carbocycles. The molecule has 0 atom stereocenters. The molecule has 6 heteroatoms. The average molecular weight is 312 g/mol. The van der Waals surface area contributed by atoms with Crippen molar-refractivity contribution >= 4 is 11.9 Å². The van der Waals surface area contributed by atoms with Crippen LogP contribution in [0.5, 0.6) is 11.5 Å². The molecule has 0 aliphatic carbocycles. The molecule has 1 saturated heterocycles. The fourth-order valence-electron chi connectivity index (χ4n) is 2.30. The van der Waals surface area contributed by atoms with Gasteiger partial charge in [-0.05, 0) is 36.4 Å². The van der Waals surface area contributed by atoms with Gasteiger partial charge in [0.15, 0.2) is 0 Å². The van der Waals surface area contributed by atoms with E-state index in [-0.39, 0.29) is 18.0 Å². The van der Waals surface area contributed by atoms with Crippen molar-refractivity contribution in [2.45, 2.75) is 13.0 Å². The first kappa shape index (κ1) is 15.0. The molecule has 3 rings (SSSR count). The number of pyridine rings is 1. The monoisotopic (exact) mass is 312 g/mol. The van der Waals surface area contributed by atoms with Crippen molar-refractivity contribution in [3.8, 4) is 11.5 Å². The lowest BCUT2D eigenvalue weighted by Crippen LogP contribution is -2.56. The molecule has 2 aromatic rings. The highest BCUT2D eigenvalue weighted by Crippen LogP contribution is 2.20. The van der Waals surface area contributed by atoms with Crippen LogP contribution >= 0.6 is 0 Å². The van der Waals surface area contributed by atoms with Crippen LogP contribution in [0.25, 0.3) is 0 Å². The molecule has 0 N–H and O–H groups in total. The Morgan fingerprint density at radius 2 is 1.87 bits per heavy atom. The van der Waals surface area contributed by atoms with Gasteiger partial charge in [-0.25, -0.2) is 0 Å². The second-order valence-electron chi connectivity index (χ2n) is 5.26. The summed E-state index contributed by atoms with van der Waals surface area (Å²) in [6.07, 6.45) is 3.32. The average Bonchev–Trinajstić information content (AvgIpc) is 2.51. The van der Waals surface area contributed by atoms with E-state index in [1.54, 1.807) is 41.6 Å². The maximum atomic E-state index is 12.3. The highest BCUT2D eigenvalue weighted by molar-refractivity contribution is 5.95. The van der Waals surface area contributed by atoms with Gasteiger partial charge in [0, 0.05) is 18.7 Å². The predicted molar refractivity (Wildman–Crippen MR) is 82.3 cm³/mol. The molecular weight excluding hydrogens is 296 g/mol. The number of hydrogen-bond donors (Lipinski definition) is 0. The summed E-state index contributed by atoms with van der Waals surface area (Å²) in [7, 11) is 0. The van der Waals surface area contributed by atoms with Gasteiger partial charge >= 0.3 is 5.97 Å². The van der Waals surface area contributed by atoms with E-state index in [1.807, 2.05) is 12.1 Å². The summed E-state index contributed by atoms with van der Waals surface area (Å²) in [5.41, 5.74) is 0.556. The van der Waals surface area contributed by atoms with Crippen molar-refractivity contribution in [1.29, 1.82) is 0 Å². The third-order valence-electron chi connectivity index (χ3n) is 3.44. The van der Waals surface area contributed by atoms with Crippen LogP contribution in [0.1, 0.15) is 17.3 Å². The number of ether oxygens (including phenoxy) is 2. The van der Waals surface area contributed by atoms with Crippen molar-refractivity contribution in [3.05, 3.63) is 54.4 Å². The molecule has 118 valence electrons. The SMILES string of the molecule is CC(=O)Oc1ccc(C(=O)N2CC(Oc3cccnc3)C2)cc1. The topological polar surface area (TPSA) is 68.7 Å². The molecule has 1 fully saturated rings. The Morgan fingerprint density at radius 3 is 2.48 bits per heavy atom. The maximum Gasteiger partial charge on any atom is 0.308 e. The van der Waals surface area contributed by atoms with E-state index in [1.165, 1.54) is 6.92 Å². The van der Waals surface area contributed by atoms with Crippen molar-refractivity contribution in [2.24, 2.45) is 0 Å². The fraction of sp³-hybridized carbons (Fsp3) is 0.235. The highest BCUT2D eigenvalue weighted by Gasteiger charge is 2.32. The number of aromatic nitrogens is 1. The molecule has 2 heterocycles. The van der Waals surface area contributed by atoms with Gasteiger partial charge in [0.25, 0.3) is 5.91 Å². The largest absolute Gasteiger partial charge is 0.485 e. The molecule has 1 aliphatic heterocycles. The van der Waals surface area contributed by atoms with Gasteiger partial charge in [-0.1, -0.05) is 0 Å². The zero-order chi connectivity index (χ0) is 16.2. The molecule has 0 bridgehead atoms. The van der Waals surface area contributed by atoms with Crippen LogP contribution in [0.4, 0.5) is 0 Å². The number of esters is 1. The lowest BCUT2D eigenvalue weighted by molar-refractivity contribution is -0.131. The summed E-state index contributed by atoms with van der Waals surface area (Å²) in [4.78, 5) is 28.9. The highest BCUT2D eigenvalue weighted by atomic mass is 16.5. The Labute approximate surface area is 133 Å². The molecule has 0 radical (unpaired) electrons. The van der Waals surface area contributed by atoms with Gasteiger partial charge in [0.1, 0.15) is 17.6 Å². The Balaban J connectivity index is 1.53. The molecule has 0 unspecified atom stereocenters. The molecule has 0 saturated carbocycles. The Bertz CT molecular complexity index is 694. The number of likely N-dealkylation sites (tertiary alicyclic amines) is 1. The standard InChI is InChI=1S/C17H16N2O4/c1-12(20)22-14-6-4-13(5-7-14)17(21)19-10-16(11-19)23-15-3-2-8-18-9-15/h2-9,16H,10-11H2,1H3. The summed E-state index contributed by atoms with van der Waals surface area (Å²) < 4.78 is 10.7. The second-order valence-corrected chi connectivity index (χ2v) is 5.26. The number of nitrogens with zero attached hydrogens (tertiary/aromatic N) is 2. The van der Waals surface area contributed by atoms with Crippen LogP contribution in [0.3, 0.4) is 0 Å². The number of hydrogen-bond acceptors (Lipinski definition) is 5. The first-order chi connectivity index (χ1) is 11.1. The first-order valence-electron chi connectivity index (χ1n) is 7.26. The van der Waals surface area contributed by atoms with Crippen molar-refractivity contribution in [3.63, 3.8) is 0 Å². The zero-order valence-corrected chi connectivity index (χ0v) is 12.6. The number of benzene rings is 1. The first-order valence-corrected chi connectivity index (χ1v) is 7.26. The van der Waals surface area contributed by atoms with Crippen LogP contribution in [-0.2, 0) is 4.79 Å². The molecule has 1 aromatic heterocycles. The number of amides is 1. The number of carbonyl (C=O) groups excluding carboxylic acids is 2. The second kappa shape index (κ2) is 6.48. The minimum atomic E-state index is -0.387. The number of carbonyl (C=O) groups is 2. The molecule has 1 amide bonds. The van der Waals surface area contributed by atoms with Crippen molar-refractivity contribution in [2.75, 3.05) is 13.1 Å². The minimum Gasteiger partial charge on any atom is -0.485 e. The van der Waals surface area contributed by atoms with Gasteiger partial charge in [0.2, 0.25) is 0 Å². The lowest BCUT2D eigenvalue weighted by Gasteiger charge is -2.38. The van der Waals surface area contributed by atoms with Crippen LogP contribution in [0.15, 0.2) is 48.8 Å². The van der Waals surface area contributed by atoms with E-state index in [2.05, 4.69) is 4.98 Å². The Kier molecular flexibility index (Phi) is 4.23. The van der Waals surface area contributed by atoms with E-state index in [9.17, 15) is 9.59 Å². The van der Waals surface area contributed by atoms with Gasteiger partial charge in [-0.2, -0.15) is 0 Å². The van der Waals surface area contributed by atoms with Gasteiger partial charge < -0.3 is 14.4 Å². The summed E-state index contributed by atoms with van der Waals surface area (Å²) >= 11 is 0. The fourth-order valence-corrected chi connectivity index (χ4v) is 2.30. The van der Waals surface area contributed by atoms with Crippen molar-refractivity contribution < 1.29 is 19.1 Å².